The summed E-state index contributed by atoms with van der Waals surface area (Å²) in [4.78, 5) is 23.4. The van der Waals surface area contributed by atoms with Gasteiger partial charge in [-0.1, -0.05) is 310 Å². The first-order valence-corrected chi connectivity index (χ1v) is 35.1. The van der Waals surface area contributed by atoms with Gasteiger partial charge in [-0.15, -0.1) is 0 Å². The third-order valence-electron chi connectivity index (χ3n) is 14.8. The molecule has 0 saturated heterocycles. The van der Waals surface area contributed by atoms with E-state index >= 15 is 0 Å². The molecule has 1 amide bonds. The van der Waals surface area contributed by atoms with Crippen LogP contribution in [0.2, 0.25) is 0 Å². The van der Waals surface area contributed by atoms with Crippen LogP contribution in [-0.4, -0.2) is 73.4 Å². The smallest absolute Gasteiger partial charge is 0.391 e. The molecule has 3 N–H and O–H groups in total. The molecule has 9 heteroatoms. The highest BCUT2D eigenvalue weighted by Gasteiger charge is 2.28. The Morgan fingerprint density at radius 3 is 1.10 bits per heavy atom. The van der Waals surface area contributed by atoms with E-state index in [1.54, 1.807) is 0 Å². The predicted octanol–water partition coefficient (Wildman–Crippen LogP) is 21.3. The van der Waals surface area contributed by atoms with E-state index in [1.807, 2.05) is 21.1 Å². The summed E-state index contributed by atoms with van der Waals surface area (Å²) < 4.78 is 23.9. The summed E-state index contributed by atoms with van der Waals surface area (Å²) in [6.45, 7) is 4.80. The fraction of sp³-hybridized carbons (Fsp3) is 0.761. The summed E-state index contributed by atoms with van der Waals surface area (Å²) in [5.41, 5.74) is 0. The Labute approximate surface area is 496 Å². The zero-order chi connectivity index (χ0) is 58.4. The molecule has 0 aliphatic heterocycles. The first kappa shape index (κ1) is 77.4. The molecule has 0 aliphatic rings. The summed E-state index contributed by atoms with van der Waals surface area (Å²) in [6.07, 6.45) is 87.8. The first-order valence-electron chi connectivity index (χ1n) is 33.6. The molecule has 464 valence electrons. The molecule has 0 bridgehead atoms. The first-order chi connectivity index (χ1) is 39.0. The van der Waals surface area contributed by atoms with Gasteiger partial charge in [0, 0.05) is 6.42 Å². The van der Waals surface area contributed by atoms with Crippen LogP contribution in [-0.2, 0) is 18.4 Å². The molecular formula is C71H130N2O6P+. The summed E-state index contributed by atoms with van der Waals surface area (Å²) in [5, 5.41) is 14.1. The summed E-state index contributed by atoms with van der Waals surface area (Å²) in [6, 6.07) is -0.766. The standard InChI is InChI=1S/C71H129N2O6P/c1-6-8-10-12-14-16-18-20-22-24-26-27-28-29-30-31-32-33-34-35-36-37-38-39-40-41-42-43-44-45-47-49-51-53-55-57-59-61-63-65-71(75)72-69(68-79-80(76,77)78-67-66-73(3,4)5)70(74)64-62-60-58-56-54-52-50-48-46-25-23-21-19-17-15-13-11-9-7-2/h8,10,14,16,20,22,26-27,29-30,32-33,35-36,38-39,69-70,74H,6-7,9,11-13,15,17-19,21,23-25,28,31,34,37,40-68H2,1-5H3,(H-,72,75,76,77)/p+1/b10-8-,16-14-,22-20-,27-26-,30-29-,33-32-,36-35-,39-38-. The van der Waals surface area contributed by atoms with E-state index in [0.717, 1.165) is 89.9 Å². The molecule has 80 heavy (non-hydrogen) atoms. The number of phosphoric acid groups is 1. The number of quaternary nitrogens is 1. The molecule has 0 rings (SSSR count). The van der Waals surface area contributed by atoms with Crippen LogP contribution in [0.4, 0.5) is 0 Å². The zero-order valence-corrected chi connectivity index (χ0v) is 53.9. The lowest BCUT2D eigenvalue weighted by Gasteiger charge is -2.26. The normalized spacial score (nSPS) is 14.3. The Morgan fingerprint density at radius 2 is 0.750 bits per heavy atom. The Morgan fingerprint density at radius 1 is 0.438 bits per heavy atom. The van der Waals surface area contributed by atoms with Crippen molar-refractivity contribution in [2.24, 2.45) is 0 Å². The monoisotopic (exact) mass is 1140 g/mol. The Kier molecular flexibility index (Phi) is 59.0. The highest BCUT2D eigenvalue weighted by molar-refractivity contribution is 7.47. The van der Waals surface area contributed by atoms with E-state index in [0.29, 0.717) is 23.9 Å². The molecule has 3 atom stereocenters. The van der Waals surface area contributed by atoms with Gasteiger partial charge in [0.2, 0.25) is 5.91 Å². The van der Waals surface area contributed by atoms with Crippen LogP contribution >= 0.6 is 7.82 Å². The number of likely N-dealkylation sites (N-methyl/N-ethyl adjacent to an activating group) is 1. The number of unbranched alkanes of at least 4 members (excludes halogenated alkanes) is 32. The Hall–Kier alpha value is -2.58. The summed E-state index contributed by atoms with van der Waals surface area (Å²) in [7, 11) is 1.62. The predicted molar refractivity (Wildman–Crippen MR) is 350 cm³/mol. The average Bonchev–Trinajstić information content (AvgIpc) is 3.42. The van der Waals surface area contributed by atoms with Crippen molar-refractivity contribution in [3.05, 3.63) is 97.2 Å². The number of aliphatic hydroxyl groups is 1. The topological polar surface area (TPSA) is 105 Å². The molecule has 3 unspecified atom stereocenters. The lowest BCUT2D eigenvalue weighted by molar-refractivity contribution is -0.870. The van der Waals surface area contributed by atoms with Crippen LogP contribution in [0.5, 0.6) is 0 Å². The molecule has 0 aliphatic carbocycles. The van der Waals surface area contributed by atoms with Gasteiger partial charge < -0.3 is 19.8 Å². The minimum atomic E-state index is -4.33. The van der Waals surface area contributed by atoms with Crippen molar-refractivity contribution in [1.29, 1.82) is 0 Å². The largest absolute Gasteiger partial charge is 0.472 e. The number of carbonyl (C=O) groups excluding carboxylic acids is 1. The second-order valence-electron chi connectivity index (χ2n) is 23.8. The van der Waals surface area contributed by atoms with Crippen molar-refractivity contribution < 1.29 is 32.9 Å². The van der Waals surface area contributed by atoms with E-state index in [1.165, 1.54) is 180 Å². The minimum Gasteiger partial charge on any atom is -0.391 e. The number of phosphoric ester groups is 1. The van der Waals surface area contributed by atoms with Crippen molar-refractivity contribution in [2.45, 2.75) is 309 Å². The van der Waals surface area contributed by atoms with E-state index < -0.39 is 20.0 Å². The van der Waals surface area contributed by atoms with Crippen LogP contribution in [0.3, 0.4) is 0 Å². The lowest BCUT2D eigenvalue weighted by Crippen LogP contribution is -2.46. The Bertz CT molecular complexity index is 1620. The molecule has 0 spiro atoms. The fourth-order valence-corrected chi connectivity index (χ4v) is 10.4. The second-order valence-corrected chi connectivity index (χ2v) is 25.3. The number of nitrogens with one attached hydrogen (secondary N) is 1. The van der Waals surface area contributed by atoms with E-state index in [9.17, 15) is 19.4 Å². The van der Waals surface area contributed by atoms with Crippen molar-refractivity contribution in [2.75, 3.05) is 40.9 Å². The van der Waals surface area contributed by atoms with Gasteiger partial charge in [-0.3, -0.25) is 13.8 Å². The molecule has 0 radical (unpaired) electrons. The van der Waals surface area contributed by atoms with Gasteiger partial charge in [-0.2, -0.15) is 0 Å². The molecule has 0 heterocycles. The molecule has 0 saturated carbocycles. The van der Waals surface area contributed by atoms with Gasteiger partial charge in [0.15, 0.2) is 0 Å². The molecule has 8 nitrogen and oxygen atoms in total. The van der Waals surface area contributed by atoms with Crippen molar-refractivity contribution in [3.63, 3.8) is 0 Å². The van der Waals surface area contributed by atoms with Crippen LogP contribution in [0, 0.1) is 0 Å². The number of rotatable bonds is 61. The van der Waals surface area contributed by atoms with Crippen LogP contribution in [0.25, 0.3) is 0 Å². The highest BCUT2D eigenvalue weighted by atomic mass is 31.2. The third kappa shape index (κ3) is 63.0. The number of allylic oxidation sites excluding steroid dienone is 16. The van der Waals surface area contributed by atoms with Crippen molar-refractivity contribution in [1.82, 2.24) is 5.32 Å². The summed E-state index contributed by atoms with van der Waals surface area (Å²) >= 11 is 0. The van der Waals surface area contributed by atoms with Crippen LogP contribution in [0.1, 0.15) is 296 Å². The lowest BCUT2D eigenvalue weighted by atomic mass is 10.0. The number of hydrogen-bond donors (Lipinski definition) is 3. The molecule has 0 fully saturated rings. The van der Waals surface area contributed by atoms with E-state index in [4.69, 9.17) is 9.05 Å². The van der Waals surface area contributed by atoms with Crippen LogP contribution < -0.4 is 5.32 Å². The quantitative estimate of drug-likeness (QED) is 0.0243. The van der Waals surface area contributed by atoms with Crippen molar-refractivity contribution >= 4 is 13.7 Å². The summed E-state index contributed by atoms with van der Waals surface area (Å²) in [5.74, 6) is -0.145. The minimum absolute atomic E-state index is 0.0724. The van der Waals surface area contributed by atoms with Gasteiger partial charge >= 0.3 is 7.82 Å². The maximum Gasteiger partial charge on any atom is 0.472 e. The highest BCUT2D eigenvalue weighted by Crippen LogP contribution is 2.43. The third-order valence-corrected chi connectivity index (χ3v) is 15.8. The van der Waals surface area contributed by atoms with E-state index in [2.05, 4.69) is 116 Å². The van der Waals surface area contributed by atoms with Gasteiger partial charge in [0.25, 0.3) is 0 Å². The average molecular weight is 1140 g/mol. The number of hydrogen-bond acceptors (Lipinski definition) is 5. The SMILES string of the molecule is CC/C=C\C/C=C\C/C=C\C/C=C\C/C=C\C/C=C\C/C=C\C/C=C\CCCCCCCCCCCCCCCCC(=O)NC(COP(=O)(O)OCC[N+](C)(C)C)C(O)CCCCCCCCCCCCCCCCCCCCC. The maximum atomic E-state index is 13.1. The molecule has 0 aromatic carbocycles. The molecular weight excluding hydrogens is 1010 g/mol. The fourth-order valence-electron chi connectivity index (χ4n) is 9.65. The molecule has 0 aromatic heterocycles. The van der Waals surface area contributed by atoms with Crippen molar-refractivity contribution in [3.8, 4) is 0 Å². The zero-order valence-electron chi connectivity index (χ0n) is 53.0. The maximum absolute atomic E-state index is 13.1. The number of nitrogens with zero attached hydrogens (tertiary/aromatic N) is 1. The van der Waals surface area contributed by atoms with Gasteiger partial charge in [0.1, 0.15) is 13.2 Å². The van der Waals surface area contributed by atoms with E-state index in [-0.39, 0.29) is 19.1 Å². The van der Waals surface area contributed by atoms with Crippen LogP contribution in [0.15, 0.2) is 97.2 Å². The second kappa shape index (κ2) is 61.0. The number of amides is 1. The number of carbonyl (C=O) groups is 1. The van der Waals surface area contributed by atoms with Gasteiger partial charge in [0.05, 0.1) is 39.9 Å². The van der Waals surface area contributed by atoms with Gasteiger partial charge in [-0.25, -0.2) is 4.57 Å². The van der Waals surface area contributed by atoms with Gasteiger partial charge in [-0.05, 0) is 77.0 Å². The number of aliphatic hydroxyl groups excluding tert-OH is 1. The Balaban J connectivity index is 4.03. The molecule has 0 aromatic rings.